The van der Waals surface area contributed by atoms with E-state index in [1.807, 2.05) is 0 Å². The van der Waals surface area contributed by atoms with Crippen molar-refractivity contribution in [3.05, 3.63) is 77.7 Å². The molecule has 0 unspecified atom stereocenters. The summed E-state index contributed by atoms with van der Waals surface area (Å²) in [5, 5.41) is 8.83. The van der Waals surface area contributed by atoms with Gasteiger partial charge in [-0.3, -0.25) is 4.79 Å². The van der Waals surface area contributed by atoms with E-state index in [9.17, 15) is 22.4 Å². The number of hydrogen-bond donors (Lipinski definition) is 3. The molecule has 1 saturated carbocycles. The number of aromatic nitrogens is 2. The van der Waals surface area contributed by atoms with Crippen LogP contribution in [0.4, 0.5) is 35.0 Å². The second kappa shape index (κ2) is 10.1. The molecule has 1 aliphatic carbocycles. The predicted molar refractivity (Wildman–Crippen MR) is 120 cm³/mol. The number of nitrogens with zero attached hydrogens (tertiary/aromatic N) is 2. The molecular weight excluding hydrogens is 450 g/mol. The summed E-state index contributed by atoms with van der Waals surface area (Å²) in [6.45, 7) is 0. The Labute approximate surface area is 193 Å². The molecule has 2 aromatic carbocycles. The minimum atomic E-state index is -4.62. The Kier molecular flexibility index (Phi) is 6.95. The van der Waals surface area contributed by atoms with Crippen LogP contribution in [-0.4, -0.2) is 28.0 Å². The lowest BCUT2D eigenvalue weighted by Crippen LogP contribution is -2.40. The first kappa shape index (κ1) is 23.5. The Balaban J connectivity index is 1.38. The summed E-state index contributed by atoms with van der Waals surface area (Å²) in [5.41, 5.74) is -0.0883. The molecule has 0 aliphatic heterocycles. The van der Waals surface area contributed by atoms with Gasteiger partial charge in [0.2, 0.25) is 5.95 Å². The third-order valence-electron chi connectivity index (χ3n) is 5.57. The molecule has 0 bridgehead atoms. The van der Waals surface area contributed by atoms with Crippen molar-refractivity contribution in [2.75, 3.05) is 10.6 Å². The summed E-state index contributed by atoms with van der Waals surface area (Å²) in [5.74, 6) is -0.759. The first-order valence-electron chi connectivity index (χ1n) is 10.9. The van der Waals surface area contributed by atoms with Crippen molar-refractivity contribution in [1.82, 2.24) is 15.3 Å². The van der Waals surface area contributed by atoms with E-state index in [4.69, 9.17) is 0 Å². The Morgan fingerprint density at radius 3 is 2.18 bits per heavy atom. The number of rotatable bonds is 6. The summed E-state index contributed by atoms with van der Waals surface area (Å²) in [4.78, 5) is 20.2. The van der Waals surface area contributed by atoms with Crippen LogP contribution in [0.2, 0.25) is 0 Å². The molecule has 34 heavy (non-hydrogen) atoms. The molecule has 0 saturated heterocycles. The van der Waals surface area contributed by atoms with Crippen LogP contribution in [0.3, 0.4) is 0 Å². The van der Waals surface area contributed by atoms with Crippen molar-refractivity contribution in [3.8, 4) is 0 Å². The molecular formula is C24H23F4N5O. The fourth-order valence-electron chi connectivity index (χ4n) is 3.83. The fraction of sp³-hybridized carbons (Fsp3) is 0.292. The van der Waals surface area contributed by atoms with E-state index in [0.717, 1.165) is 6.07 Å². The monoisotopic (exact) mass is 473 g/mol. The van der Waals surface area contributed by atoms with Crippen LogP contribution in [-0.2, 0) is 6.18 Å². The lowest BCUT2D eigenvalue weighted by atomic mass is 9.91. The number of hydrogen-bond acceptors (Lipinski definition) is 5. The first-order valence-corrected chi connectivity index (χ1v) is 10.9. The Bertz CT molecular complexity index is 1110. The molecule has 178 valence electrons. The second-order valence-corrected chi connectivity index (χ2v) is 8.12. The third-order valence-corrected chi connectivity index (χ3v) is 5.57. The van der Waals surface area contributed by atoms with Gasteiger partial charge < -0.3 is 16.0 Å². The molecule has 1 aliphatic rings. The third kappa shape index (κ3) is 6.21. The van der Waals surface area contributed by atoms with Crippen LogP contribution in [0.15, 0.2) is 60.7 Å². The summed E-state index contributed by atoms with van der Waals surface area (Å²) in [7, 11) is 0. The van der Waals surface area contributed by atoms with Crippen molar-refractivity contribution in [1.29, 1.82) is 0 Å². The summed E-state index contributed by atoms with van der Waals surface area (Å²) < 4.78 is 53.2. The van der Waals surface area contributed by atoms with Gasteiger partial charge in [0.05, 0.1) is 0 Å². The molecule has 1 amide bonds. The first-order chi connectivity index (χ1) is 16.3. The molecule has 3 N–H and O–H groups in total. The maximum Gasteiger partial charge on any atom is 0.433 e. The number of anilines is 3. The summed E-state index contributed by atoms with van der Waals surface area (Å²) in [6, 6.07) is 14.8. The maximum absolute atomic E-state index is 13.4. The van der Waals surface area contributed by atoms with Gasteiger partial charge in [-0.05, 0) is 62.1 Å². The van der Waals surface area contributed by atoms with Crippen molar-refractivity contribution in [2.24, 2.45) is 0 Å². The van der Waals surface area contributed by atoms with Crippen molar-refractivity contribution < 1.29 is 22.4 Å². The molecule has 1 heterocycles. The topological polar surface area (TPSA) is 78.9 Å². The fourth-order valence-corrected chi connectivity index (χ4v) is 3.83. The number of carbonyl (C=O) groups is 1. The summed E-state index contributed by atoms with van der Waals surface area (Å²) >= 11 is 0. The molecule has 4 rings (SSSR count). The zero-order chi connectivity index (χ0) is 24.1. The molecule has 10 heteroatoms. The molecule has 0 spiro atoms. The van der Waals surface area contributed by atoms with Crippen LogP contribution in [0.25, 0.3) is 0 Å². The van der Waals surface area contributed by atoms with Crippen LogP contribution >= 0.6 is 0 Å². The number of para-hydroxylation sites is 1. The van der Waals surface area contributed by atoms with Gasteiger partial charge >= 0.3 is 6.18 Å². The van der Waals surface area contributed by atoms with Crippen molar-refractivity contribution in [3.63, 3.8) is 0 Å². The number of halogens is 4. The number of alkyl halides is 3. The minimum Gasteiger partial charge on any atom is -0.367 e. The largest absolute Gasteiger partial charge is 0.433 e. The van der Waals surface area contributed by atoms with E-state index in [2.05, 4.69) is 25.9 Å². The standard InChI is InChI=1S/C24H23F4N5O/c25-16-8-6-15(7-9-16)22(34)30-19-12-10-18(11-13-19)29-21-14-20(24(26,27)28)32-23(33-21)31-17-4-2-1-3-5-17/h1-9,14,18-19H,10-13H2,(H,30,34)(H2,29,31,32,33)/t18-,19+. The van der Waals surface area contributed by atoms with Crippen molar-refractivity contribution in [2.45, 2.75) is 43.9 Å². The zero-order valence-corrected chi connectivity index (χ0v) is 18.1. The van der Waals surface area contributed by atoms with Gasteiger partial charge in [0.25, 0.3) is 5.91 Å². The van der Waals surface area contributed by atoms with E-state index < -0.39 is 17.7 Å². The zero-order valence-electron chi connectivity index (χ0n) is 18.1. The number of benzene rings is 2. The lowest BCUT2D eigenvalue weighted by molar-refractivity contribution is -0.141. The van der Waals surface area contributed by atoms with Crippen LogP contribution < -0.4 is 16.0 Å². The van der Waals surface area contributed by atoms with Crippen LogP contribution in [0, 0.1) is 5.82 Å². The molecule has 1 fully saturated rings. The number of amides is 1. The summed E-state index contributed by atoms with van der Waals surface area (Å²) in [6.07, 6.45) is -2.04. The van der Waals surface area contributed by atoms with Gasteiger partial charge in [0.15, 0.2) is 5.69 Å². The highest BCUT2D eigenvalue weighted by atomic mass is 19.4. The number of nitrogens with one attached hydrogen (secondary N) is 3. The van der Waals surface area contributed by atoms with Crippen LogP contribution in [0.1, 0.15) is 41.7 Å². The van der Waals surface area contributed by atoms with E-state index >= 15 is 0 Å². The number of carbonyl (C=O) groups excluding carboxylic acids is 1. The van der Waals surface area contributed by atoms with Gasteiger partial charge in [0, 0.05) is 29.4 Å². The van der Waals surface area contributed by atoms with Gasteiger partial charge in [-0.1, -0.05) is 18.2 Å². The minimum absolute atomic E-state index is 0.0675. The van der Waals surface area contributed by atoms with Gasteiger partial charge in [-0.2, -0.15) is 18.2 Å². The highest BCUT2D eigenvalue weighted by molar-refractivity contribution is 5.94. The highest BCUT2D eigenvalue weighted by Crippen LogP contribution is 2.31. The van der Waals surface area contributed by atoms with Gasteiger partial charge in [-0.15, -0.1) is 0 Å². The highest BCUT2D eigenvalue weighted by Gasteiger charge is 2.34. The van der Waals surface area contributed by atoms with Crippen LogP contribution in [0.5, 0.6) is 0 Å². The average Bonchev–Trinajstić information content (AvgIpc) is 2.81. The van der Waals surface area contributed by atoms with E-state index in [0.29, 0.717) is 36.9 Å². The quantitative estimate of drug-likeness (QED) is 0.410. The Morgan fingerprint density at radius 1 is 0.882 bits per heavy atom. The lowest BCUT2D eigenvalue weighted by Gasteiger charge is -2.30. The van der Waals surface area contributed by atoms with E-state index in [1.54, 1.807) is 30.3 Å². The van der Waals surface area contributed by atoms with Gasteiger partial charge in [-0.25, -0.2) is 9.37 Å². The molecule has 0 radical (unpaired) electrons. The smallest absolute Gasteiger partial charge is 0.367 e. The SMILES string of the molecule is O=C(N[C@H]1CC[C@@H](Nc2cc(C(F)(F)F)nc(Nc3ccccc3)n2)CC1)c1ccc(F)cc1. The molecule has 6 nitrogen and oxygen atoms in total. The molecule has 1 aromatic heterocycles. The second-order valence-electron chi connectivity index (χ2n) is 8.12. The predicted octanol–water partition coefficient (Wildman–Crippen LogP) is 5.53. The molecule has 0 atom stereocenters. The van der Waals surface area contributed by atoms with E-state index in [-0.39, 0.29) is 29.8 Å². The average molecular weight is 473 g/mol. The van der Waals surface area contributed by atoms with Crippen molar-refractivity contribution >= 4 is 23.4 Å². The molecule has 3 aromatic rings. The van der Waals surface area contributed by atoms with E-state index in [1.165, 1.54) is 24.3 Å². The normalized spacial score (nSPS) is 18.2. The maximum atomic E-state index is 13.4. The Morgan fingerprint density at radius 2 is 1.53 bits per heavy atom. The van der Waals surface area contributed by atoms with Gasteiger partial charge in [0.1, 0.15) is 11.6 Å². The Hall–Kier alpha value is -3.69.